The molecule has 0 fully saturated rings. The molecule has 2 rings (SSSR count). The van der Waals surface area contributed by atoms with Crippen molar-refractivity contribution < 1.29 is 5.11 Å². The smallest absolute Gasteiger partial charge is 0.0750 e. The molecule has 3 nitrogen and oxygen atoms in total. The fourth-order valence-corrected chi connectivity index (χ4v) is 1.93. The predicted molar refractivity (Wildman–Crippen MR) is 65.2 cm³/mol. The maximum absolute atomic E-state index is 9.38. The molecule has 0 saturated carbocycles. The molecule has 0 radical (unpaired) electrons. The third-order valence-electron chi connectivity index (χ3n) is 2.67. The standard InChI is InChI=1S/C13H16N2O/c1-2-14-12(9-16)11-7-3-5-10-6-4-8-15-13(10)11/h3-8,12,14,16H,2,9H2,1H3. The number of hydrogen-bond acceptors (Lipinski definition) is 3. The van der Waals surface area contributed by atoms with Gasteiger partial charge >= 0.3 is 0 Å². The number of aliphatic hydroxyl groups is 1. The van der Waals surface area contributed by atoms with Crippen LogP contribution in [0.3, 0.4) is 0 Å². The molecule has 0 bridgehead atoms. The molecule has 1 aromatic carbocycles. The Morgan fingerprint density at radius 3 is 2.88 bits per heavy atom. The van der Waals surface area contributed by atoms with E-state index in [-0.39, 0.29) is 12.6 Å². The van der Waals surface area contributed by atoms with E-state index >= 15 is 0 Å². The van der Waals surface area contributed by atoms with Crippen molar-refractivity contribution in [1.29, 1.82) is 0 Å². The van der Waals surface area contributed by atoms with Gasteiger partial charge in [0.2, 0.25) is 0 Å². The Morgan fingerprint density at radius 1 is 1.31 bits per heavy atom. The van der Waals surface area contributed by atoms with Crippen LogP contribution in [-0.4, -0.2) is 23.2 Å². The van der Waals surface area contributed by atoms with Crippen molar-refractivity contribution in [3.8, 4) is 0 Å². The van der Waals surface area contributed by atoms with Crippen molar-refractivity contribution >= 4 is 10.9 Å². The van der Waals surface area contributed by atoms with E-state index in [1.807, 2.05) is 37.3 Å². The van der Waals surface area contributed by atoms with Gasteiger partial charge in [-0.1, -0.05) is 31.2 Å². The Bertz CT molecular complexity index is 465. The molecular formula is C13H16N2O. The van der Waals surface area contributed by atoms with Crippen molar-refractivity contribution in [2.24, 2.45) is 0 Å². The van der Waals surface area contributed by atoms with Crippen molar-refractivity contribution in [1.82, 2.24) is 10.3 Å². The lowest BCUT2D eigenvalue weighted by atomic mass is 10.0. The zero-order valence-electron chi connectivity index (χ0n) is 9.35. The lowest BCUT2D eigenvalue weighted by molar-refractivity contribution is 0.247. The van der Waals surface area contributed by atoms with Crippen LogP contribution in [0.2, 0.25) is 0 Å². The molecule has 1 atom stereocenters. The Kier molecular flexibility index (Phi) is 3.49. The lowest BCUT2D eigenvalue weighted by Gasteiger charge is -2.16. The van der Waals surface area contributed by atoms with E-state index in [1.54, 1.807) is 6.20 Å². The number of aliphatic hydroxyl groups excluding tert-OH is 1. The summed E-state index contributed by atoms with van der Waals surface area (Å²) in [5.74, 6) is 0. The fourth-order valence-electron chi connectivity index (χ4n) is 1.93. The number of nitrogens with zero attached hydrogens (tertiary/aromatic N) is 1. The monoisotopic (exact) mass is 216 g/mol. The molecule has 0 amide bonds. The van der Waals surface area contributed by atoms with E-state index in [4.69, 9.17) is 0 Å². The highest BCUT2D eigenvalue weighted by atomic mass is 16.3. The van der Waals surface area contributed by atoms with Gasteiger partial charge in [0.25, 0.3) is 0 Å². The van der Waals surface area contributed by atoms with Gasteiger partial charge in [0.15, 0.2) is 0 Å². The SMILES string of the molecule is CCNC(CO)c1cccc2cccnc12. The summed E-state index contributed by atoms with van der Waals surface area (Å²) in [6.45, 7) is 2.94. The van der Waals surface area contributed by atoms with Gasteiger partial charge in [-0.15, -0.1) is 0 Å². The summed E-state index contributed by atoms with van der Waals surface area (Å²) in [7, 11) is 0. The average molecular weight is 216 g/mol. The highest BCUT2D eigenvalue weighted by molar-refractivity contribution is 5.82. The van der Waals surface area contributed by atoms with Gasteiger partial charge in [-0.05, 0) is 18.2 Å². The molecule has 0 aliphatic rings. The second kappa shape index (κ2) is 5.05. The number of fused-ring (bicyclic) bond motifs is 1. The second-order valence-corrected chi connectivity index (χ2v) is 3.72. The van der Waals surface area contributed by atoms with Gasteiger partial charge in [-0.25, -0.2) is 0 Å². The zero-order valence-corrected chi connectivity index (χ0v) is 9.35. The quantitative estimate of drug-likeness (QED) is 0.820. The van der Waals surface area contributed by atoms with Crippen LogP contribution in [0.1, 0.15) is 18.5 Å². The number of rotatable bonds is 4. The summed E-state index contributed by atoms with van der Waals surface area (Å²) >= 11 is 0. The molecular weight excluding hydrogens is 200 g/mol. The summed E-state index contributed by atoms with van der Waals surface area (Å²) in [4.78, 5) is 4.38. The molecule has 1 aromatic heterocycles. The third kappa shape index (κ3) is 2.05. The first-order valence-corrected chi connectivity index (χ1v) is 5.54. The second-order valence-electron chi connectivity index (χ2n) is 3.72. The lowest BCUT2D eigenvalue weighted by Crippen LogP contribution is -2.24. The van der Waals surface area contributed by atoms with E-state index in [9.17, 15) is 5.11 Å². The molecule has 84 valence electrons. The van der Waals surface area contributed by atoms with Crippen molar-refractivity contribution in [2.75, 3.05) is 13.2 Å². The van der Waals surface area contributed by atoms with Crippen molar-refractivity contribution in [2.45, 2.75) is 13.0 Å². The van der Waals surface area contributed by atoms with Crippen molar-refractivity contribution in [3.63, 3.8) is 0 Å². The molecule has 0 saturated heterocycles. The minimum atomic E-state index is -0.0383. The number of nitrogens with one attached hydrogen (secondary N) is 1. The Morgan fingerprint density at radius 2 is 2.12 bits per heavy atom. The molecule has 2 N–H and O–H groups in total. The van der Waals surface area contributed by atoms with Gasteiger partial charge in [-0.2, -0.15) is 0 Å². The first-order chi connectivity index (χ1) is 7.86. The van der Waals surface area contributed by atoms with Crippen LogP contribution >= 0.6 is 0 Å². The first-order valence-electron chi connectivity index (χ1n) is 5.54. The van der Waals surface area contributed by atoms with Gasteiger partial charge < -0.3 is 10.4 Å². The number of likely N-dealkylation sites (N-methyl/N-ethyl adjacent to an activating group) is 1. The van der Waals surface area contributed by atoms with E-state index in [2.05, 4.69) is 10.3 Å². The summed E-state index contributed by atoms with van der Waals surface area (Å²) < 4.78 is 0. The van der Waals surface area contributed by atoms with Crippen LogP contribution in [0, 0.1) is 0 Å². The Balaban J connectivity index is 2.50. The number of hydrogen-bond donors (Lipinski definition) is 2. The highest BCUT2D eigenvalue weighted by Crippen LogP contribution is 2.21. The molecule has 1 unspecified atom stereocenters. The van der Waals surface area contributed by atoms with E-state index in [1.165, 1.54) is 0 Å². The van der Waals surface area contributed by atoms with Crippen molar-refractivity contribution in [3.05, 3.63) is 42.1 Å². The molecule has 1 heterocycles. The van der Waals surface area contributed by atoms with Crippen LogP contribution in [0.5, 0.6) is 0 Å². The summed E-state index contributed by atoms with van der Waals surface area (Å²) in [6.07, 6.45) is 1.78. The largest absolute Gasteiger partial charge is 0.394 e. The third-order valence-corrected chi connectivity index (χ3v) is 2.67. The maximum atomic E-state index is 9.38. The fraction of sp³-hybridized carbons (Fsp3) is 0.308. The van der Waals surface area contributed by atoms with Crippen LogP contribution in [0.4, 0.5) is 0 Å². The van der Waals surface area contributed by atoms with Crippen LogP contribution in [-0.2, 0) is 0 Å². The van der Waals surface area contributed by atoms with Gasteiger partial charge in [0, 0.05) is 11.6 Å². The predicted octanol–water partition coefficient (Wildman–Crippen LogP) is 1.88. The highest BCUT2D eigenvalue weighted by Gasteiger charge is 2.12. The van der Waals surface area contributed by atoms with E-state index in [0.29, 0.717) is 0 Å². The molecule has 0 spiro atoms. The summed E-state index contributed by atoms with van der Waals surface area (Å²) in [6, 6.07) is 9.97. The van der Waals surface area contributed by atoms with Gasteiger partial charge in [0.1, 0.15) is 0 Å². The van der Waals surface area contributed by atoms with Crippen LogP contribution < -0.4 is 5.32 Å². The number of pyridine rings is 1. The van der Waals surface area contributed by atoms with E-state index in [0.717, 1.165) is 23.0 Å². The normalized spacial score (nSPS) is 12.9. The van der Waals surface area contributed by atoms with Crippen LogP contribution in [0.15, 0.2) is 36.5 Å². The zero-order chi connectivity index (χ0) is 11.4. The maximum Gasteiger partial charge on any atom is 0.0750 e. The minimum absolute atomic E-state index is 0.0383. The van der Waals surface area contributed by atoms with Gasteiger partial charge in [0.05, 0.1) is 18.2 Å². The van der Waals surface area contributed by atoms with Gasteiger partial charge in [-0.3, -0.25) is 4.98 Å². The molecule has 0 aliphatic heterocycles. The van der Waals surface area contributed by atoms with Crippen LogP contribution in [0.25, 0.3) is 10.9 Å². The molecule has 0 aliphatic carbocycles. The average Bonchev–Trinajstić information content (AvgIpc) is 2.35. The molecule has 16 heavy (non-hydrogen) atoms. The molecule has 2 aromatic rings. The topological polar surface area (TPSA) is 45.1 Å². The number of benzene rings is 1. The summed E-state index contributed by atoms with van der Waals surface area (Å²) in [5.41, 5.74) is 2.02. The Hall–Kier alpha value is -1.45. The number of para-hydroxylation sites is 1. The molecule has 3 heteroatoms. The Labute approximate surface area is 95.1 Å². The summed E-state index contributed by atoms with van der Waals surface area (Å²) in [5, 5.41) is 13.7. The first kappa shape index (κ1) is 11.0. The van der Waals surface area contributed by atoms with E-state index < -0.39 is 0 Å². The number of aromatic nitrogens is 1. The minimum Gasteiger partial charge on any atom is -0.394 e.